The van der Waals surface area contributed by atoms with Crippen molar-refractivity contribution in [1.29, 1.82) is 5.26 Å². The number of rotatable bonds is 9. The second kappa shape index (κ2) is 11.9. The summed E-state index contributed by atoms with van der Waals surface area (Å²) in [5.41, 5.74) is 4.11. The fourth-order valence-corrected chi connectivity index (χ4v) is 5.14. The number of pyridine rings is 1. The smallest absolute Gasteiger partial charge is 0.238 e. The van der Waals surface area contributed by atoms with Crippen LogP contribution in [-0.4, -0.2) is 32.2 Å². The molecule has 0 aliphatic carbocycles. The van der Waals surface area contributed by atoms with Crippen LogP contribution in [0, 0.1) is 11.3 Å². The number of carbonyl (C=O) groups is 1. The number of nitrogens with one attached hydrogen (secondary N) is 1. The van der Waals surface area contributed by atoms with Gasteiger partial charge in [0.1, 0.15) is 16.8 Å². The number of ether oxygens (including phenoxy) is 1. The summed E-state index contributed by atoms with van der Waals surface area (Å²) in [6.07, 6.45) is 0.154. The number of carbonyl (C=O) groups excluding carboxylic acids is 1. The summed E-state index contributed by atoms with van der Waals surface area (Å²) in [5.74, 6) is 0.835. The van der Waals surface area contributed by atoms with Crippen LogP contribution in [0.15, 0.2) is 94.9 Å². The molecule has 3 aromatic carbocycles. The molecule has 192 valence electrons. The van der Waals surface area contributed by atoms with E-state index in [1.807, 2.05) is 60.7 Å². The van der Waals surface area contributed by atoms with Crippen molar-refractivity contribution in [3.63, 3.8) is 0 Å². The van der Waals surface area contributed by atoms with Crippen LogP contribution in [0.3, 0.4) is 0 Å². The van der Waals surface area contributed by atoms with Crippen molar-refractivity contribution in [3.8, 4) is 34.2 Å². The number of nitrogens with two attached hydrogens (primary N) is 1. The Bertz CT molecular complexity index is 1580. The first-order valence-corrected chi connectivity index (χ1v) is 14.0. The van der Waals surface area contributed by atoms with E-state index in [0.717, 1.165) is 22.4 Å². The summed E-state index contributed by atoms with van der Waals surface area (Å²) in [5, 5.41) is 18.4. The van der Waals surface area contributed by atoms with Crippen molar-refractivity contribution >= 4 is 33.4 Å². The van der Waals surface area contributed by atoms with E-state index in [1.54, 1.807) is 7.11 Å². The van der Waals surface area contributed by atoms with Gasteiger partial charge in [0.05, 0.1) is 23.3 Å². The number of benzene rings is 3. The molecule has 38 heavy (non-hydrogen) atoms. The number of hydrogen-bond donors (Lipinski definition) is 2. The number of nitrogens with zero attached hydrogens (tertiary/aromatic N) is 2. The largest absolute Gasteiger partial charge is 0.497 e. The zero-order valence-corrected chi connectivity index (χ0v) is 22.1. The molecule has 0 saturated heterocycles. The molecular formula is C28H24N4O4S2. The van der Waals surface area contributed by atoms with Gasteiger partial charge >= 0.3 is 0 Å². The van der Waals surface area contributed by atoms with Crippen LogP contribution in [0.2, 0.25) is 0 Å². The number of hydrogen-bond acceptors (Lipinski definition) is 7. The van der Waals surface area contributed by atoms with Gasteiger partial charge in [0, 0.05) is 29.0 Å². The Balaban J connectivity index is 1.55. The predicted octanol–water partition coefficient (Wildman–Crippen LogP) is 5.06. The van der Waals surface area contributed by atoms with Crippen molar-refractivity contribution in [3.05, 3.63) is 90.5 Å². The van der Waals surface area contributed by atoms with E-state index in [2.05, 4.69) is 11.4 Å². The number of primary sulfonamides is 1. The molecule has 0 atom stereocenters. The first kappa shape index (κ1) is 26.9. The molecule has 0 bridgehead atoms. The second-order valence-corrected chi connectivity index (χ2v) is 10.8. The molecule has 0 spiro atoms. The van der Waals surface area contributed by atoms with E-state index in [9.17, 15) is 18.5 Å². The Morgan fingerprint density at radius 2 is 1.71 bits per heavy atom. The van der Waals surface area contributed by atoms with Crippen LogP contribution in [0.25, 0.3) is 22.4 Å². The third-order valence-electron chi connectivity index (χ3n) is 5.60. The van der Waals surface area contributed by atoms with Gasteiger partial charge in [0.25, 0.3) is 0 Å². The molecular weight excluding hydrogens is 520 g/mol. The van der Waals surface area contributed by atoms with Crippen LogP contribution in [0.4, 0.5) is 5.69 Å². The molecule has 0 radical (unpaired) electrons. The third kappa shape index (κ3) is 6.58. The molecule has 0 fully saturated rings. The fraction of sp³-hybridized carbons (Fsp3) is 0.107. The minimum absolute atomic E-state index is 0.0351. The summed E-state index contributed by atoms with van der Waals surface area (Å²) in [7, 11) is -2.21. The molecule has 1 heterocycles. The Hall–Kier alpha value is -4.17. The van der Waals surface area contributed by atoms with Crippen molar-refractivity contribution in [1.82, 2.24) is 4.98 Å². The lowest BCUT2D eigenvalue weighted by molar-refractivity contribution is -0.115. The Kier molecular flexibility index (Phi) is 8.43. The molecule has 0 unspecified atom stereocenters. The lowest BCUT2D eigenvalue weighted by Crippen LogP contribution is -2.14. The summed E-state index contributed by atoms with van der Waals surface area (Å²) >= 11 is 1.33. The minimum Gasteiger partial charge on any atom is -0.497 e. The van der Waals surface area contributed by atoms with Gasteiger partial charge in [-0.25, -0.2) is 18.5 Å². The van der Waals surface area contributed by atoms with E-state index < -0.39 is 10.0 Å². The van der Waals surface area contributed by atoms with Gasteiger partial charge in [-0.05, 0) is 48.0 Å². The van der Waals surface area contributed by atoms with Gasteiger partial charge in [-0.15, -0.1) is 11.8 Å². The third-order valence-corrected chi connectivity index (χ3v) is 7.51. The summed E-state index contributed by atoms with van der Waals surface area (Å²) in [6.45, 7) is 0. The molecule has 8 nitrogen and oxygen atoms in total. The van der Waals surface area contributed by atoms with Crippen molar-refractivity contribution in [2.45, 2.75) is 16.3 Å². The number of aromatic nitrogens is 1. The first-order chi connectivity index (χ1) is 18.3. The van der Waals surface area contributed by atoms with Crippen molar-refractivity contribution in [2.24, 2.45) is 5.14 Å². The summed E-state index contributed by atoms with van der Waals surface area (Å²) in [6, 6.07) is 27.0. The van der Waals surface area contributed by atoms with E-state index in [-0.39, 0.29) is 17.2 Å². The quantitative estimate of drug-likeness (QED) is 0.281. The topological polar surface area (TPSA) is 135 Å². The SMILES string of the molecule is COc1ccc(-c2cc(-c3ccccc3)nc(SCCC(=O)Nc3ccc(S(N)(=O)=O)cc3)c2C#N)cc1. The van der Waals surface area contributed by atoms with E-state index in [0.29, 0.717) is 27.8 Å². The fourth-order valence-electron chi connectivity index (χ4n) is 3.68. The molecule has 3 N–H and O–H groups in total. The van der Waals surface area contributed by atoms with E-state index >= 15 is 0 Å². The van der Waals surface area contributed by atoms with Gasteiger partial charge in [0.15, 0.2) is 0 Å². The maximum Gasteiger partial charge on any atom is 0.238 e. The number of sulfonamides is 1. The van der Waals surface area contributed by atoms with Gasteiger partial charge in [0.2, 0.25) is 15.9 Å². The maximum absolute atomic E-state index is 12.5. The molecule has 1 aromatic heterocycles. The van der Waals surface area contributed by atoms with Gasteiger partial charge in [-0.1, -0.05) is 42.5 Å². The highest BCUT2D eigenvalue weighted by Crippen LogP contribution is 2.35. The maximum atomic E-state index is 12.5. The predicted molar refractivity (Wildman–Crippen MR) is 148 cm³/mol. The van der Waals surface area contributed by atoms with Gasteiger partial charge < -0.3 is 10.1 Å². The zero-order valence-electron chi connectivity index (χ0n) is 20.4. The summed E-state index contributed by atoms with van der Waals surface area (Å²) in [4.78, 5) is 17.2. The van der Waals surface area contributed by atoms with E-state index in [4.69, 9.17) is 14.9 Å². The number of methoxy groups -OCH3 is 1. The summed E-state index contributed by atoms with van der Waals surface area (Å²) < 4.78 is 28.1. The molecule has 4 rings (SSSR count). The second-order valence-electron chi connectivity index (χ2n) is 8.16. The highest BCUT2D eigenvalue weighted by atomic mass is 32.2. The number of amides is 1. The van der Waals surface area contributed by atoms with Crippen LogP contribution >= 0.6 is 11.8 Å². The van der Waals surface area contributed by atoms with Crippen LogP contribution in [0.1, 0.15) is 12.0 Å². The zero-order chi connectivity index (χ0) is 27.1. The number of thioether (sulfide) groups is 1. The first-order valence-electron chi connectivity index (χ1n) is 11.5. The molecule has 0 saturated carbocycles. The number of anilines is 1. The Labute approximate surface area is 225 Å². The van der Waals surface area contributed by atoms with E-state index in [1.165, 1.54) is 36.0 Å². The van der Waals surface area contributed by atoms with Crippen LogP contribution in [-0.2, 0) is 14.8 Å². The monoisotopic (exact) mass is 544 g/mol. The average Bonchev–Trinajstić information content (AvgIpc) is 2.93. The lowest BCUT2D eigenvalue weighted by atomic mass is 9.99. The Morgan fingerprint density at radius 3 is 2.32 bits per heavy atom. The van der Waals surface area contributed by atoms with Gasteiger partial charge in [-0.3, -0.25) is 4.79 Å². The molecule has 0 aliphatic rings. The standard InChI is InChI=1S/C28H24N4O4S2/c1-36-22-11-7-19(8-12-22)24-17-26(20-5-3-2-4-6-20)32-28(25(24)18-29)37-16-15-27(33)31-21-9-13-23(14-10-21)38(30,34)35/h2-14,17H,15-16H2,1H3,(H,31,33)(H2,30,34,35). The minimum atomic E-state index is -3.81. The Morgan fingerprint density at radius 1 is 1.03 bits per heavy atom. The highest BCUT2D eigenvalue weighted by molar-refractivity contribution is 7.99. The normalized spacial score (nSPS) is 11.0. The van der Waals surface area contributed by atoms with Crippen LogP contribution < -0.4 is 15.2 Å². The molecule has 4 aromatic rings. The van der Waals surface area contributed by atoms with Gasteiger partial charge in [-0.2, -0.15) is 5.26 Å². The lowest BCUT2D eigenvalue weighted by Gasteiger charge is -2.13. The number of nitriles is 1. The molecule has 0 aliphatic heterocycles. The average molecular weight is 545 g/mol. The molecule has 10 heteroatoms. The van der Waals surface area contributed by atoms with Crippen molar-refractivity contribution < 1.29 is 17.9 Å². The highest BCUT2D eigenvalue weighted by Gasteiger charge is 2.17. The van der Waals surface area contributed by atoms with Crippen molar-refractivity contribution in [2.75, 3.05) is 18.2 Å². The molecule has 1 amide bonds. The van der Waals surface area contributed by atoms with Crippen LogP contribution in [0.5, 0.6) is 5.75 Å².